The van der Waals surface area contributed by atoms with Crippen LogP contribution in [0.2, 0.25) is 13.1 Å². The van der Waals surface area contributed by atoms with Crippen molar-refractivity contribution in [3.05, 3.63) is 118 Å². The van der Waals surface area contributed by atoms with Crippen molar-refractivity contribution in [2.45, 2.75) is 38.0 Å². The van der Waals surface area contributed by atoms with E-state index < -0.39 is 8.07 Å². The normalized spacial score (nSPS) is 18.4. The van der Waals surface area contributed by atoms with Gasteiger partial charge in [0.25, 0.3) is 0 Å². The first-order valence-electron chi connectivity index (χ1n) is 14.3. The van der Waals surface area contributed by atoms with Crippen LogP contribution in [0, 0.1) is 0 Å². The standard InChI is InChI=1S/C37H33NSSi/c1-22-23(2)37(36-35(22)29-12-7-9-16-33(29)39-36)40(4,5)34-20-18-26-25(13-10-14-28(26)34)24-17-19-32-30(21-24)27-11-6-8-15-31(27)38(32)3/h6-21,34,37H,1-5H3. The number of aryl methyl sites for hydroxylation is 1. The van der Waals surface area contributed by atoms with E-state index in [-0.39, 0.29) is 0 Å². The summed E-state index contributed by atoms with van der Waals surface area (Å²) < 4.78 is 3.75. The van der Waals surface area contributed by atoms with Gasteiger partial charge in [0.05, 0.1) is 8.07 Å². The van der Waals surface area contributed by atoms with E-state index in [1.807, 2.05) is 11.3 Å². The minimum absolute atomic E-state index is 0.493. The number of benzene rings is 4. The maximum atomic E-state index is 2.63. The zero-order valence-corrected chi connectivity index (χ0v) is 25.6. The van der Waals surface area contributed by atoms with Gasteiger partial charge in [-0.05, 0) is 77.0 Å². The predicted molar refractivity (Wildman–Crippen MR) is 178 cm³/mol. The first kappa shape index (κ1) is 24.2. The molecule has 0 aliphatic heterocycles. The quantitative estimate of drug-likeness (QED) is 0.193. The molecule has 4 aromatic carbocycles. The fourth-order valence-electron chi connectivity index (χ4n) is 7.91. The fraction of sp³-hybridized carbons (Fsp3) is 0.189. The molecule has 0 fully saturated rings. The lowest BCUT2D eigenvalue weighted by molar-refractivity contribution is 1.01. The summed E-state index contributed by atoms with van der Waals surface area (Å²) in [6.45, 7) is 10.0. The van der Waals surface area contributed by atoms with Crippen LogP contribution in [-0.4, -0.2) is 12.6 Å². The van der Waals surface area contributed by atoms with E-state index in [2.05, 4.69) is 136 Å². The first-order valence-corrected chi connectivity index (χ1v) is 18.3. The van der Waals surface area contributed by atoms with Crippen LogP contribution in [0.1, 0.15) is 46.5 Å². The Balaban J connectivity index is 1.24. The summed E-state index contributed by atoms with van der Waals surface area (Å²) in [5, 5.41) is 4.11. The number of rotatable bonds is 3. The molecule has 6 aromatic rings. The second-order valence-corrected chi connectivity index (χ2v) is 18.3. The summed E-state index contributed by atoms with van der Waals surface area (Å²) in [6, 6.07) is 31.8. The number of allylic oxidation sites excluding steroid dienone is 3. The number of hydrogen-bond donors (Lipinski definition) is 0. The van der Waals surface area contributed by atoms with E-state index in [0.29, 0.717) is 11.1 Å². The molecular weight excluding hydrogens is 519 g/mol. The monoisotopic (exact) mass is 551 g/mol. The SMILES string of the molecule is CC1=C(C)C([Si](C)(C)C2C=Cc3c(-c4ccc5c(c4)c4ccccc4n5C)cccc32)c2sc3ccccc3c21. The summed E-state index contributed by atoms with van der Waals surface area (Å²) >= 11 is 2.04. The molecule has 0 saturated heterocycles. The summed E-state index contributed by atoms with van der Waals surface area (Å²) in [5.41, 5.74) is 13.9. The lowest BCUT2D eigenvalue weighted by atomic mass is 9.96. The van der Waals surface area contributed by atoms with E-state index in [1.165, 1.54) is 65.3 Å². The summed E-state index contributed by atoms with van der Waals surface area (Å²) in [6.07, 6.45) is 4.98. The zero-order valence-electron chi connectivity index (χ0n) is 23.7. The van der Waals surface area contributed by atoms with E-state index in [9.17, 15) is 0 Å². The molecule has 1 nitrogen and oxygen atoms in total. The van der Waals surface area contributed by atoms with Gasteiger partial charge in [0.1, 0.15) is 0 Å². The molecule has 196 valence electrons. The van der Waals surface area contributed by atoms with E-state index in [1.54, 1.807) is 10.5 Å². The van der Waals surface area contributed by atoms with Gasteiger partial charge in [-0.3, -0.25) is 0 Å². The number of aromatic nitrogens is 1. The molecular formula is C37H33NSSi. The third kappa shape index (κ3) is 3.13. The van der Waals surface area contributed by atoms with Crippen molar-refractivity contribution in [1.29, 1.82) is 0 Å². The molecule has 2 atom stereocenters. The minimum atomic E-state index is -1.85. The van der Waals surface area contributed by atoms with Crippen molar-refractivity contribution in [2.24, 2.45) is 7.05 Å². The maximum absolute atomic E-state index is 2.63. The Morgan fingerprint density at radius 3 is 2.38 bits per heavy atom. The molecule has 40 heavy (non-hydrogen) atoms. The Bertz CT molecular complexity index is 2080. The molecule has 0 N–H and O–H groups in total. The average molecular weight is 552 g/mol. The largest absolute Gasteiger partial charge is 0.344 e. The molecule has 2 heterocycles. The summed E-state index contributed by atoms with van der Waals surface area (Å²) in [5.74, 6) is 0. The number of thiophene rings is 1. The van der Waals surface area contributed by atoms with Crippen LogP contribution >= 0.6 is 11.3 Å². The average Bonchev–Trinajstić information content (AvgIpc) is 3.70. The minimum Gasteiger partial charge on any atom is -0.344 e. The second kappa shape index (κ2) is 8.42. The Hall–Kier alpha value is -3.66. The lowest BCUT2D eigenvalue weighted by Crippen LogP contribution is -2.40. The van der Waals surface area contributed by atoms with Crippen molar-refractivity contribution < 1.29 is 0 Å². The van der Waals surface area contributed by atoms with Crippen molar-refractivity contribution in [2.75, 3.05) is 0 Å². The van der Waals surface area contributed by atoms with Crippen molar-refractivity contribution >= 4 is 63.0 Å². The first-order chi connectivity index (χ1) is 19.4. The van der Waals surface area contributed by atoms with Gasteiger partial charge in [-0.2, -0.15) is 0 Å². The topological polar surface area (TPSA) is 4.93 Å². The van der Waals surface area contributed by atoms with E-state index in [4.69, 9.17) is 0 Å². The van der Waals surface area contributed by atoms with Gasteiger partial charge >= 0.3 is 0 Å². The highest BCUT2D eigenvalue weighted by atomic mass is 32.1. The van der Waals surface area contributed by atoms with Crippen molar-refractivity contribution in [3.8, 4) is 11.1 Å². The van der Waals surface area contributed by atoms with Gasteiger partial charge in [0.15, 0.2) is 0 Å². The number of para-hydroxylation sites is 1. The molecule has 0 amide bonds. The Labute approximate surface area is 241 Å². The zero-order chi connectivity index (χ0) is 27.3. The highest BCUT2D eigenvalue weighted by Gasteiger charge is 2.47. The van der Waals surface area contributed by atoms with Crippen LogP contribution in [0.3, 0.4) is 0 Å². The molecule has 8 rings (SSSR count). The van der Waals surface area contributed by atoms with Crippen LogP contribution in [0.4, 0.5) is 0 Å². The molecule has 3 heteroatoms. The van der Waals surface area contributed by atoms with Gasteiger partial charge in [-0.1, -0.05) is 91.5 Å². The third-order valence-electron chi connectivity index (χ3n) is 9.98. The van der Waals surface area contributed by atoms with Gasteiger partial charge < -0.3 is 4.57 Å². The smallest absolute Gasteiger partial charge is 0.0729 e. The number of nitrogens with zero attached hydrogens (tertiary/aromatic N) is 1. The molecule has 0 spiro atoms. The molecule has 2 aliphatic rings. The Kier molecular flexibility index (Phi) is 5.09. The van der Waals surface area contributed by atoms with Gasteiger partial charge in [0.2, 0.25) is 0 Å². The molecule has 0 saturated carbocycles. The molecule has 0 bridgehead atoms. The van der Waals surface area contributed by atoms with Crippen LogP contribution < -0.4 is 0 Å². The van der Waals surface area contributed by atoms with Crippen LogP contribution in [0.15, 0.2) is 96.6 Å². The van der Waals surface area contributed by atoms with Crippen LogP contribution in [0.25, 0.3) is 54.7 Å². The van der Waals surface area contributed by atoms with E-state index >= 15 is 0 Å². The number of fused-ring (bicyclic) bond motifs is 7. The summed E-state index contributed by atoms with van der Waals surface area (Å²) in [7, 11) is 0.329. The molecule has 2 aromatic heterocycles. The Morgan fingerprint density at radius 2 is 1.52 bits per heavy atom. The lowest BCUT2D eigenvalue weighted by Gasteiger charge is -2.37. The third-order valence-corrected chi connectivity index (χ3v) is 15.7. The Morgan fingerprint density at radius 1 is 0.775 bits per heavy atom. The molecule has 0 radical (unpaired) electrons. The van der Waals surface area contributed by atoms with E-state index in [0.717, 1.165) is 0 Å². The summed E-state index contributed by atoms with van der Waals surface area (Å²) in [4.78, 5) is 1.62. The maximum Gasteiger partial charge on any atom is 0.0729 e. The highest BCUT2D eigenvalue weighted by Crippen LogP contribution is 2.56. The van der Waals surface area contributed by atoms with Gasteiger partial charge in [-0.15, -0.1) is 11.3 Å². The van der Waals surface area contributed by atoms with Crippen LogP contribution in [-0.2, 0) is 7.05 Å². The van der Waals surface area contributed by atoms with Gasteiger partial charge in [-0.25, -0.2) is 0 Å². The molecule has 2 unspecified atom stereocenters. The van der Waals surface area contributed by atoms with Crippen molar-refractivity contribution in [1.82, 2.24) is 4.57 Å². The molecule has 2 aliphatic carbocycles. The fourth-order valence-corrected chi connectivity index (χ4v) is 14.5. The van der Waals surface area contributed by atoms with Gasteiger partial charge in [0, 0.05) is 49.4 Å². The van der Waals surface area contributed by atoms with Crippen molar-refractivity contribution in [3.63, 3.8) is 0 Å². The predicted octanol–water partition coefficient (Wildman–Crippen LogP) is 10.7. The number of hydrogen-bond acceptors (Lipinski definition) is 1. The second-order valence-electron chi connectivity index (χ2n) is 12.4. The van der Waals surface area contributed by atoms with Crippen LogP contribution in [0.5, 0.6) is 0 Å². The highest BCUT2D eigenvalue weighted by molar-refractivity contribution is 7.20.